The van der Waals surface area contributed by atoms with Crippen molar-refractivity contribution in [3.05, 3.63) is 0 Å². The first-order chi connectivity index (χ1) is 7.29. The van der Waals surface area contributed by atoms with Crippen LogP contribution in [0.3, 0.4) is 0 Å². The second-order valence-electron chi connectivity index (χ2n) is 4.60. The van der Waals surface area contributed by atoms with E-state index in [1.807, 2.05) is 38.0 Å². The molecule has 1 saturated heterocycles. The fraction of sp³-hybridized carbons (Fsp3) is 0.900. The zero-order chi connectivity index (χ0) is 12.5. The Balaban J connectivity index is 3.02. The summed E-state index contributed by atoms with van der Waals surface area (Å²) < 4.78 is -0.491. The number of halogens is 1. The lowest BCUT2D eigenvalue weighted by molar-refractivity contribution is 0.108. The molecule has 1 aliphatic heterocycles. The van der Waals surface area contributed by atoms with Gasteiger partial charge in [0.15, 0.2) is 5.96 Å². The summed E-state index contributed by atoms with van der Waals surface area (Å²) in [7, 11) is 12.2. The van der Waals surface area contributed by atoms with Gasteiger partial charge in [-0.15, -0.1) is 0 Å². The van der Waals surface area contributed by atoms with Crippen LogP contribution >= 0.6 is 15.9 Å². The van der Waals surface area contributed by atoms with Gasteiger partial charge in [0.2, 0.25) is 4.70 Å². The highest BCUT2D eigenvalue weighted by molar-refractivity contribution is 9.10. The fourth-order valence-electron chi connectivity index (χ4n) is 1.69. The maximum Gasteiger partial charge on any atom is 0.230 e. The van der Waals surface area contributed by atoms with Crippen LogP contribution in [0.15, 0.2) is 4.99 Å². The second kappa shape index (κ2) is 4.89. The Morgan fingerprint density at radius 1 is 1.06 bits per heavy atom. The SMILES string of the molecule is CN1CCN(C)C1=NC(Br)(N(C)C)N(C)C. The monoisotopic (exact) mass is 291 g/mol. The molecule has 1 aliphatic rings. The van der Waals surface area contributed by atoms with Gasteiger partial charge >= 0.3 is 0 Å². The van der Waals surface area contributed by atoms with Crippen molar-refractivity contribution in [2.75, 3.05) is 55.4 Å². The Morgan fingerprint density at radius 3 is 1.75 bits per heavy atom. The Labute approximate surface area is 107 Å². The quantitative estimate of drug-likeness (QED) is 0.426. The molecule has 0 aromatic carbocycles. The molecular weight excluding hydrogens is 270 g/mol. The van der Waals surface area contributed by atoms with Crippen molar-refractivity contribution in [1.82, 2.24) is 19.6 Å². The summed E-state index contributed by atoms with van der Waals surface area (Å²) in [4.78, 5) is 13.2. The zero-order valence-corrected chi connectivity index (χ0v) is 12.6. The third-order valence-electron chi connectivity index (χ3n) is 2.83. The van der Waals surface area contributed by atoms with E-state index in [1.54, 1.807) is 0 Å². The van der Waals surface area contributed by atoms with Crippen LogP contribution < -0.4 is 0 Å². The average molecular weight is 292 g/mol. The van der Waals surface area contributed by atoms with Crippen LogP contribution in [0, 0.1) is 0 Å². The van der Waals surface area contributed by atoms with Crippen molar-refractivity contribution in [3.8, 4) is 0 Å². The topological polar surface area (TPSA) is 25.3 Å². The molecule has 5 nitrogen and oxygen atoms in total. The van der Waals surface area contributed by atoms with Crippen molar-refractivity contribution < 1.29 is 0 Å². The summed E-state index contributed by atoms with van der Waals surface area (Å²) in [5.41, 5.74) is 0. The standard InChI is InChI=1S/C10H22BrN5/c1-13(2)10(11,14(3)4)12-9-15(5)7-8-16(9)6/h7-8H2,1-6H3. The molecule has 0 N–H and O–H groups in total. The van der Waals surface area contributed by atoms with Gasteiger partial charge in [-0.3, -0.25) is 9.80 Å². The van der Waals surface area contributed by atoms with E-state index in [9.17, 15) is 0 Å². The molecule has 94 valence electrons. The highest BCUT2D eigenvalue weighted by atomic mass is 79.9. The van der Waals surface area contributed by atoms with Crippen LogP contribution in [-0.4, -0.2) is 85.6 Å². The van der Waals surface area contributed by atoms with E-state index in [4.69, 9.17) is 4.99 Å². The van der Waals surface area contributed by atoms with Crippen molar-refractivity contribution in [3.63, 3.8) is 0 Å². The summed E-state index contributed by atoms with van der Waals surface area (Å²) >= 11 is 3.69. The third kappa shape index (κ3) is 2.49. The van der Waals surface area contributed by atoms with Crippen LogP contribution in [0.4, 0.5) is 0 Å². The van der Waals surface area contributed by atoms with E-state index in [1.165, 1.54) is 0 Å². The number of hydrogen-bond acceptors (Lipinski definition) is 3. The number of guanidine groups is 1. The van der Waals surface area contributed by atoms with E-state index in [0.717, 1.165) is 19.0 Å². The maximum atomic E-state index is 4.81. The van der Waals surface area contributed by atoms with Crippen LogP contribution in [0.25, 0.3) is 0 Å². The van der Waals surface area contributed by atoms with Crippen molar-refractivity contribution in [2.45, 2.75) is 4.70 Å². The number of nitrogens with zero attached hydrogens (tertiary/aromatic N) is 5. The molecule has 0 bridgehead atoms. The highest BCUT2D eigenvalue weighted by Gasteiger charge is 2.34. The van der Waals surface area contributed by atoms with Crippen LogP contribution in [-0.2, 0) is 0 Å². The predicted octanol–water partition coefficient (Wildman–Crippen LogP) is 0.349. The minimum Gasteiger partial charge on any atom is -0.344 e. The molecule has 0 unspecified atom stereocenters. The summed E-state index contributed by atoms with van der Waals surface area (Å²) in [6.45, 7) is 2.05. The van der Waals surface area contributed by atoms with Gasteiger partial charge in [0.25, 0.3) is 0 Å². The van der Waals surface area contributed by atoms with Gasteiger partial charge in [0.05, 0.1) is 0 Å². The maximum absolute atomic E-state index is 4.81. The molecule has 0 aromatic heterocycles. The summed E-state index contributed by atoms with van der Waals surface area (Å²) in [6.07, 6.45) is 0. The molecule has 6 heteroatoms. The second-order valence-corrected chi connectivity index (χ2v) is 5.66. The Hall–Kier alpha value is -0.330. The lowest BCUT2D eigenvalue weighted by atomic mass is 10.6. The molecule has 0 atom stereocenters. The lowest BCUT2D eigenvalue weighted by Crippen LogP contribution is -2.50. The first-order valence-corrected chi connectivity index (χ1v) is 6.14. The first kappa shape index (κ1) is 13.7. The summed E-state index contributed by atoms with van der Waals surface area (Å²) in [5, 5.41) is 0. The molecule has 1 heterocycles. The molecule has 1 fully saturated rings. The molecule has 0 amide bonds. The van der Waals surface area contributed by atoms with E-state index in [-0.39, 0.29) is 0 Å². The zero-order valence-electron chi connectivity index (χ0n) is 11.0. The van der Waals surface area contributed by atoms with Crippen molar-refractivity contribution >= 4 is 21.9 Å². The third-order valence-corrected chi connectivity index (χ3v) is 4.43. The molecule has 0 spiro atoms. The molecule has 0 saturated carbocycles. The molecule has 0 aliphatic carbocycles. The number of aliphatic imine (C=N–C) groups is 1. The molecule has 0 radical (unpaired) electrons. The Bertz CT molecular complexity index is 256. The normalized spacial score (nSPS) is 17.9. The van der Waals surface area contributed by atoms with Crippen molar-refractivity contribution in [2.24, 2.45) is 4.99 Å². The van der Waals surface area contributed by atoms with Gasteiger partial charge in [-0.05, 0) is 44.1 Å². The largest absolute Gasteiger partial charge is 0.344 e. The smallest absolute Gasteiger partial charge is 0.230 e. The predicted molar refractivity (Wildman–Crippen MR) is 71.7 cm³/mol. The fourth-order valence-corrected chi connectivity index (χ4v) is 1.85. The average Bonchev–Trinajstić information content (AvgIpc) is 2.48. The first-order valence-electron chi connectivity index (χ1n) is 5.35. The Morgan fingerprint density at radius 2 is 1.44 bits per heavy atom. The minimum absolute atomic E-state index is 0.491. The molecule has 0 aromatic rings. The van der Waals surface area contributed by atoms with Crippen LogP contribution in [0.2, 0.25) is 0 Å². The highest BCUT2D eigenvalue weighted by Crippen LogP contribution is 2.26. The molecule has 1 rings (SSSR count). The van der Waals surface area contributed by atoms with E-state index in [0.29, 0.717) is 0 Å². The minimum atomic E-state index is -0.491. The van der Waals surface area contributed by atoms with E-state index >= 15 is 0 Å². The van der Waals surface area contributed by atoms with Crippen LogP contribution in [0.5, 0.6) is 0 Å². The Kier molecular flexibility index (Phi) is 4.20. The van der Waals surface area contributed by atoms with Gasteiger partial charge in [-0.1, -0.05) is 0 Å². The van der Waals surface area contributed by atoms with Crippen molar-refractivity contribution in [1.29, 1.82) is 0 Å². The molecular formula is C10H22BrN5. The van der Waals surface area contributed by atoms with Gasteiger partial charge in [0.1, 0.15) is 0 Å². The number of rotatable bonds is 3. The number of alkyl halides is 1. The summed E-state index contributed by atoms with van der Waals surface area (Å²) in [6, 6.07) is 0. The lowest BCUT2D eigenvalue weighted by Gasteiger charge is -2.37. The van der Waals surface area contributed by atoms with Gasteiger partial charge in [0, 0.05) is 27.2 Å². The molecule has 16 heavy (non-hydrogen) atoms. The van der Waals surface area contributed by atoms with E-state index in [2.05, 4.69) is 39.8 Å². The number of hydrogen-bond donors (Lipinski definition) is 0. The number of likely N-dealkylation sites (N-methyl/N-ethyl adjacent to an activating group) is 2. The van der Waals surface area contributed by atoms with Gasteiger partial charge in [-0.25, -0.2) is 4.99 Å². The van der Waals surface area contributed by atoms with Crippen LogP contribution in [0.1, 0.15) is 0 Å². The summed E-state index contributed by atoms with van der Waals surface area (Å²) in [5.74, 6) is 1.01. The van der Waals surface area contributed by atoms with Gasteiger partial charge in [-0.2, -0.15) is 0 Å². The van der Waals surface area contributed by atoms with Gasteiger partial charge < -0.3 is 9.80 Å². The van der Waals surface area contributed by atoms with E-state index < -0.39 is 4.70 Å².